The predicted molar refractivity (Wildman–Crippen MR) is 71.7 cm³/mol. The van der Waals surface area contributed by atoms with Gasteiger partial charge in [-0.15, -0.1) is 0 Å². The Kier molecular flexibility index (Phi) is 4.45. The van der Waals surface area contributed by atoms with Crippen molar-refractivity contribution in [2.24, 2.45) is 9.98 Å². The fraction of sp³-hybridized carbons (Fsp3) is 0.231. The Bertz CT molecular complexity index is 431. The molecule has 0 atom stereocenters. The van der Waals surface area contributed by atoms with Gasteiger partial charge in [0.1, 0.15) is 0 Å². The number of nitrogens with zero attached hydrogens (tertiary/aromatic N) is 2. The highest BCUT2D eigenvalue weighted by Gasteiger charge is 2.01. The van der Waals surface area contributed by atoms with Gasteiger partial charge in [-0.25, -0.2) is 0 Å². The summed E-state index contributed by atoms with van der Waals surface area (Å²) >= 11 is 0. The minimum Gasteiger partial charge on any atom is -0.397 e. The second-order valence-corrected chi connectivity index (χ2v) is 3.40. The fourth-order valence-electron chi connectivity index (χ4n) is 1.46. The molecule has 0 aromatic heterocycles. The first-order chi connectivity index (χ1) is 7.71. The second kappa shape index (κ2) is 5.85. The lowest BCUT2D eigenvalue weighted by atomic mass is 10.1. The van der Waals surface area contributed by atoms with Crippen molar-refractivity contribution in [1.29, 1.82) is 0 Å². The van der Waals surface area contributed by atoms with Gasteiger partial charge >= 0.3 is 0 Å². The van der Waals surface area contributed by atoms with Crippen molar-refractivity contribution in [3.05, 3.63) is 35.5 Å². The first-order valence-electron chi connectivity index (χ1n) is 5.20. The number of benzene rings is 1. The van der Waals surface area contributed by atoms with E-state index in [1.165, 1.54) is 0 Å². The van der Waals surface area contributed by atoms with Crippen LogP contribution in [0.25, 0.3) is 0 Å². The van der Waals surface area contributed by atoms with Crippen LogP contribution in [0.5, 0.6) is 0 Å². The first-order valence-corrected chi connectivity index (χ1v) is 5.20. The molecule has 0 amide bonds. The number of aliphatic imine (C=N–C) groups is 2. The molecule has 16 heavy (non-hydrogen) atoms. The SMILES string of the molecule is C=Nc1ccc(C/C(=C/C)N=CC)cc1N. The lowest BCUT2D eigenvalue weighted by molar-refractivity contribution is 1.10. The lowest BCUT2D eigenvalue weighted by Gasteiger charge is -2.05. The van der Waals surface area contributed by atoms with Gasteiger partial charge in [0.25, 0.3) is 0 Å². The standard InChI is InChI=1S/C13H17N3/c1-4-11(16-5-2)8-10-6-7-13(15-3)12(14)9-10/h4-7,9H,3,8,14H2,1-2H3/b11-4-,16-5?. The molecule has 0 bridgehead atoms. The summed E-state index contributed by atoms with van der Waals surface area (Å²) in [6, 6.07) is 5.79. The monoisotopic (exact) mass is 215 g/mol. The molecule has 0 unspecified atom stereocenters. The minimum absolute atomic E-state index is 0.656. The van der Waals surface area contributed by atoms with Gasteiger partial charge in [-0.05, 0) is 38.3 Å². The highest BCUT2D eigenvalue weighted by atomic mass is 14.7. The molecule has 0 saturated heterocycles. The largest absolute Gasteiger partial charge is 0.397 e. The molecule has 0 aliphatic heterocycles. The molecular weight excluding hydrogens is 198 g/mol. The average molecular weight is 215 g/mol. The van der Waals surface area contributed by atoms with Crippen molar-refractivity contribution >= 4 is 24.3 Å². The molecule has 1 rings (SSSR count). The summed E-state index contributed by atoms with van der Waals surface area (Å²) in [5, 5.41) is 0. The number of anilines is 1. The van der Waals surface area contributed by atoms with Crippen LogP contribution in [0.2, 0.25) is 0 Å². The topological polar surface area (TPSA) is 50.7 Å². The number of rotatable bonds is 4. The summed E-state index contributed by atoms with van der Waals surface area (Å²) in [6.07, 6.45) is 4.57. The highest BCUT2D eigenvalue weighted by Crippen LogP contribution is 2.23. The molecule has 0 aliphatic rings. The van der Waals surface area contributed by atoms with E-state index in [1.54, 1.807) is 6.21 Å². The van der Waals surface area contributed by atoms with Crippen LogP contribution in [0, 0.1) is 0 Å². The third kappa shape index (κ3) is 3.05. The zero-order chi connectivity index (χ0) is 12.0. The summed E-state index contributed by atoms with van der Waals surface area (Å²) in [7, 11) is 0. The maximum absolute atomic E-state index is 5.83. The van der Waals surface area contributed by atoms with Crippen molar-refractivity contribution < 1.29 is 0 Å². The van der Waals surface area contributed by atoms with Crippen LogP contribution < -0.4 is 5.73 Å². The van der Waals surface area contributed by atoms with Crippen LogP contribution in [0.1, 0.15) is 19.4 Å². The molecule has 3 heteroatoms. The Morgan fingerprint density at radius 3 is 2.69 bits per heavy atom. The molecule has 1 aromatic carbocycles. The Hall–Kier alpha value is -1.90. The molecule has 0 aliphatic carbocycles. The van der Waals surface area contributed by atoms with E-state index in [0.717, 1.165) is 23.4 Å². The Morgan fingerprint density at radius 1 is 1.44 bits per heavy atom. The zero-order valence-corrected chi connectivity index (χ0v) is 9.77. The van der Waals surface area contributed by atoms with Crippen molar-refractivity contribution in [2.45, 2.75) is 20.3 Å². The number of nitrogen functional groups attached to an aromatic ring is 1. The quantitative estimate of drug-likeness (QED) is 0.608. The summed E-state index contributed by atoms with van der Waals surface area (Å²) in [6.45, 7) is 7.35. The third-order valence-electron chi connectivity index (χ3n) is 2.28. The van der Waals surface area contributed by atoms with Gasteiger partial charge in [0.15, 0.2) is 0 Å². The Morgan fingerprint density at radius 2 is 2.19 bits per heavy atom. The van der Waals surface area contributed by atoms with Crippen LogP contribution in [0.15, 0.2) is 40.0 Å². The van der Waals surface area contributed by atoms with Gasteiger partial charge in [0, 0.05) is 18.3 Å². The van der Waals surface area contributed by atoms with E-state index in [-0.39, 0.29) is 0 Å². The summed E-state index contributed by atoms with van der Waals surface area (Å²) in [5.41, 5.74) is 9.37. The lowest BCUT2D eigenvalue weighted by Crippen LogP contribution is -1.92. The van der Waals surface area contributed by atoms with E-state index in [9.17, 15) is 0 Å². The maximum atomic E-state index is 5.83. The molecule has 0 saturated carbocycles. The fourth-order valence-corrected chi connectivity index (χ4v) is 1.46. The molecular formula is C13H17N3. The predicted octanol–water partition coefficient (Wildman–Crippen LogP) is 3.14. The number of hydrogen-bond donors (Lipinski definition) is 1. The highest BCUT2D eigenvalue weighted by molar-refractivity contribution is 5.66. The van der Waals surface area contributed by atoms with Crippen molar-refractivity contribution in [1.82, 2.24) is 0 Å². The number of hydrogen-bond acceptors (Lipinski definition) is 3. The normalized spacial score (nSPS) is 12.0. The molecule has 0 radical (unpaired) electrons. The van der Waals surface area contributed by atoms with Crippen LogP contribution in [-0.4, -0.2) is 12.9 Å². The molecule has 2 N–H and O–H groups in total. The summed E-state index contributed by atoms with van der Waals surface area (Å²) in [4.78, 5) is 8.10. The van der Waals surface area contributed by atoms with E-state index in [1.807, 2.05) is 38.1 Å². The van der Waals surface area contributed by atoms with Gasteiger partial charge in [0.05, 0.1) is 11.4 Å². The van der Waals surface area contributed by atoms with Crippen LogP contribution in [0.3, 0.4) is 0 Å². The second-order valence-electron chi connectivity index (χ2n) is 3.40. The molecule has 3 nitrogen and oxygen atoms in total. The van der Waals surface area contributed by atoms with Gasteiger partial charge in [-0.3, -0.25) is 9.98 Å². The average Bonchev–Trinajstić information content (AvgIpc) is 2.28. The first kappa shape index (κ1) is 12.2. The van der Waals surface area contributed by atoms with Gasteiger partial charge < -0.3 is 5.73 Å². The summed E-state index contributed by atoms with van der Waals surface area (Å²) in [5.74, 6) is 0. The van der Waals surface area contributed by atoms with Gasteiger partial charge in [0.2, 0.25) is 0 Å². The van der Waals surface area contributed by atoms with Crippen LogP contribution in [-0.2, 0) is 6.42 Å². The smallest absolute Gasteiger partial charge is 0.0851 e. The van der Waals surface area contributed by atoms with Crippen LogP contribution in [0.4, 0.5) is 11.4 Å². The molecule has 1 aromatic rings. The van der Waals surface area contributed by atoms with E-state index in [2.05, 4.69) is 16.7 Å². The van der Waals surface area contributed by atoms with Crippen molar-refractivity contribution in [3.8, 4) is 0 Å². The van der Waals surface area contributed by atoms with E-state index in [0.29, 0.717) is 5.69 Å². The van der Waals surface area contributed by atoms with E-state index < -0.39 is 0 Å². The maximum Gasteiger partial charge on any atom is 0.0851 e. The number of allylic oxidation sites excluding steroid dienone is 2. The summed E-state index contributed by atoms with van der Waals surface area (Å²) < 4.78 is 0. The van der Waals surface area contributed by atoms with Crippen molar-refractivity contribution in [3.63, 3.8) is 0 Å². The zero-order valence-electron chi connectivity index (χ0n) is 9.77. The molecule has 0 heterocycles. The van der Waals surface area contributed by atoms with Crippen molar-refractivity contribution in [2.75, 3.05) is 5.73 Å². The van der Waals surface area contributed by atoms with Gasteiger partial charge in [-0.1, -0.05) is 12.1 Å². The van der Waals surface area contributed by atoms with E-state index in [4.69, 9.17) is 5.73 Å². The van der Waals surface area contributed by atoms with Gasteiger partial charge in [-0.2, -0.15) is 0 Å². The third-order valence-corrected chi connectivity index (χ3v) is 2.28. The van der Waals surface area contributed by atoms with E-state index >= 15 is 0 Å². The minimum atomic E-state index is 0.656. The Balaban J connectivity index is 2.90. The van der Waals surface area contributed by atoms with Crippen LogP contribution >= 0.6 is 0 Å². The number of nitrogens with two attached hydrogens (primary N) is 1. The molecule has 0 spiro atoms. The molecule has 84 valence electrons. The Labute approximate surface area is 96.4 Å². The molecule has 0 fully saturated rings.